The van der Waals surface area contributed by atoms with E-state index >= 15 is 0 Å². The van der Waals surface area contributed by atoms with Crippen molar-refractivity contribution in [2.45, 2.75) is 398 Å². The molecule has 4 nitrogen and oxygen atoms in total. The van der Waals surface area contributed by atoms with Crippen molar-refractivity contribution in [3.05, 3.63) is 24.3 Å². The van der Waals surface area contributed by atoms with Crippen molar-refractivity contribution >= 4 is 5.91 Å². The molecule has 0 aliphatic rings. The summed E-state index contributed by atoms with van der Waals surface area (Å²) in [7, 11) is 0. The van der Waals surface area contributed by atoms with E-state index in [1.165, 1.54) is 334 Å². The minimum atomic E-state index is -0.861. The molecular weight excluding hydrogens is 879 g/mol. The topological polar surface area (TPSA) is 69.6 Å². The highest BCUT2D eigenvalue weighted by molar-refractivity contribution is 5.76. The smallest absolute Gasteiger partial charge is 0.220 e. The Bertz CT molecular complexity index is 1060. The third kappa shape index (κ3) is 59.7. The number of unbranched alkanes of at least 4 members (excludes halogenated alkanes) is 54. The van der Waals surface area contributed by atoms with E-state index in [-0.39, 0.29) is 12.5 Å². The van der Waals surface area contributed by atoms with Crippen LogP contribution in [0.1, 0.15) is 386 Å². The maximum absolute atomic E-state index is 12.5. The number of hydrogen-bond acceptors (Lipinski definition) is 3. The SMILES string of the molecule is CCCCCCCCCCCCCCCCCCCCC/C=C/CC/C=C/C(O)C(CO)NC(=O)CCCCCCCCCCCCCCCCCCCCCCCCCCCCCCCCCCCCC. The largest absolute Gasteiger partial charge is 0.394 e. The molecule has 0 aliphatic heterocycles. The molecule has 0 heterocycles. The summed E-state index contributed by atoms with van der Waals surface area (Å²) >= 11 is 0. The fraction of sp³-hybridized carbons (Fsp3) is 0.926. The average molecular weight is 1010 g/mol. The molecule has 1 amide bonds. The van der Waals surface area contributed by atoms with E-state index in [0.29, 0.717) is 6.42 Å². The monoisotopic (exact) mass is 1010 g/mol. The Balaban J connectivity index is 3.42. The summed E-state index contributed by atoms with van der Waals surface area (Å²) in [5.74, 6) is -0.0646. The molecule has 0 radical (unpaired) electrons. The molecule has 0 aromatic heterocycles. The molecule has 0 aromatic carbocycles. The Morgan fingerprint density at radius 2 is 0.542 bits per heavy atom. The molecular formula is C68H133NO3. The Labute approximate surface area is 453 Å². The van der Waals surface area contributed by atoms with Crippen molar-refractivity contribution in [3.63, 3.8) is 0 Å². The van der Waals surface area contributed by atoms with Gasteiger partial charge in [0.2, 0.25) is 5.91 Å². The maximum Gasteiger partial charge on any atom is 0.220 e. The molecule has 428 valence electrons. The molecule has 0 bridgehead atoms. The lowest BCUT2D eigenvalue weighted by Crippen LogP contribution is -2.45. The first kappa shape index (κ1) is 70.9. The van der Waals surface area contributed by atoms with E-state index in [1.54, 1.807) is 6.08 Å². The van der Waals surface area contributed by atoms with E-state index in [1.807, 2.05) is 6.08 Å². The van der Waals surface area contributed by atoms with Crippen LogP contribution in [0.4, 0.5) is 0 Å². The summed E-state index contributed by atoms with van der Waals surface area (Å²) in [5.41, 5.74) is 0. The van der Waals surface area contributed by atoms with Crippen LogP contribution < -0.4 is 5.32 Å². The van der Waals surface area contributed by atoms with Gasteiger partial charge in [0.15, 0.2) is 0 Å². The Kier molecular flexibility index (Phi) is 63.2. The van der Waals surface area contributed by atoms with E-state index in [4.69, 9.17) is 0 Å². The van der Waals surface area contributed by atoms with Gasteiger partial charge in [-0.2, -0.15) is 0 Å². The summed E-state index contributed by atoms with van der Waals surface area (Å²) in [6, 6.07) is -0.637. The minimum Gasteiger partial charge on any atom is -0.394 e. The van der Waals surface area contributed by atoms with Gasteiger partial charge in [-0.15, -0.1) is 0 Å². The number of hydrogen-bond donors (Lipinski definition) is 3. The number of aliphatic hydroxyl groups is 2. The van der Waals surface area contributed by atoms with E-state index in [2.05, 4.69) is 31.3 Å². The molecule has 4 heteroatoms. The van der Waals surface area contributed by atoms with Crippen LogP contribution in [-0.4, -0.2) is 34.9 Å². The molecule has 2 atom stereocenters. The normalized spacial score (nSPS) is 12.8. The van der Waals surface area contributed by atoms with Gasteiger partial charge in [0, 0.05) is 6.42 Å². The molecule has 0 fully saturated rings. The van der Waals surface area contributed by atoms with Gasteiger partial charge >= 0.3 is 0 Å². The second kappa shape index (κ2) is 64.2. The van der Waals surface area contributed by atoms with Crippen LogP contribution in [0.3, 0.4) is 0 Å². The highest BCUT2D eigenvalue weighted by Gasteiger charge is 2.18. The first-order valence-corrected chi connectivity index (χ1v) is 33.6. The molecule has 0 saturated carbocycles. The predicted molar refractivity (Wildman–Crippen MR) is 322 cm³/mol. The Morgan fingerprint density at radius 3 is 0.806 bits per heavy atom. The first-order valence-electron chi connectivity index (χ1n) is 33.6. The maximum atomic E-state index is 12.5. The number of carbonyl (C=O) groups excluding carboxylic acids is 1. The van der Waals surface area contributed by atoms with Gasteiger partial charge in [-0.05, 0) is 32.1 Å². The minimum absolute atomic E-state index is 0.0646. The van der Waals surface area contributed by atoms with E-state index in [0.717, 1.165) is 32.1 Å². The molecule has 0 aromatic rings. The number of amides is 1. The van der Waals surface area contributed by atoms with Gasteiger partial charge in [0.25, 0.3) is 0 Å². The van der Waals surface area contributed by atoms with Gasteiger partial charge in [-0.25, -0.2) is 0 Å². The van der Waals surface area contributed by atoms with Crippen LogP contribution in [0.2, 0.25) is 0 Å². The molecule has 0 rings (SSSR count). The van der Waals surface area contributed by atoms with E-state index < -0.39 is 12.1 Å². The number of carbonyl (C=O) groups is 1. The molecule has 3 N–H and O–H groups in total. The zero-order valence-corrected chi connectivity index (χ0v) is 49.5. The third-order valence-electron chi connectivity index (χ3n) is 15.9. The van der Waals surface area contributed by atoms with E-state index in [9.17, 15) is 15.0 Å². The average Bonchev–Trinajstić information content (AvgIpc) is 3.39. The van der Waals surface area contributed by atoms with Gasteiger partial charge in [0.1, 0.15) is 0 Å². The number of allylic oxidation sites excluding steroid dienone is 3. The Morgan fingerprint density at radius 1 is 0.319 bits per heavy atom. The quantitative estimate of drug-likeness (QED) is 0.0420. The van der Waals surface area contributed by atoms with Crippen LogP contribution in [-0.2, 0) is 4.79 Å². The predicted octanol–water partition coefficient (Wildman–Crippen LogP) is 22.6. The van der Waals surface area contributed by atoms with Gasteiger partial charge in [-0.3, -0.25) is 4.79 Å². The second-order valence-corrected chi connectivity index (χ2v) is 23.2. The van der Waals surface area contributed by atoms with Crippen molar-refractivity contribution in [2.75, 3.05) is 6.61 Å². The zero-order chi connectivity index (χ0) is 52.0. The second-order valence-electron chi connectivity index (χ2n) is 23.2. The first-order chi connectivity index (χ1) is 35.7. The van der Waals surface area contributed by atoms with Gasteiger partial charge in [0.05, 0.1) is 18.8 Å². The zero-order valence-electron chi connectivity index (χ0n) is 49.5. The van der Waals surface area contributed by atoms with Crippen molar-refractivity contribution in [2.24, 2.45) is 0 Å². The molecule has 0 saturated heterocycles. The number of rotatable bonds is 63. The number of aliphatic hydroxyl groups excluding tert-OH is 2. The van der Waals surface area contributed by atoms with Crippen molar-refractivity contribution in [1.82, 2.24) is 5.32 Å². The lowest BCUT2D eigenvalue weighted by Gasteiger charge is -2.19. The summed E-state index contributed by atoms with van der Waals surface area (Å²) < 4.78 is 0. The Hall–Kier alpha value is -1.13. The molecule has 2 unspecified atom stereocenters. The van der Waals surface area contributed by atoms with Crippen molar-refractivity contribution < 1.29 is 15.0 Å². The van der Waals surface area contributed by atoms with Crippen LogP contribution >= 0.6 is 0 Å². The lowest BCUT2D eigenvalue weighted by molar-refractivity contribution is -0.123. The highest BCUT2D eigenvalue weighted by Crippen LogP contribution is 2.19. The summed E-state index contributed by atoms with van der Waals surface area (Å²) in [6.07, 6.45) is 86.9. The molecule has 72 heavy (non-hydrogen) atoms. The van der Waals surface area contributed by atoms with Crippen molar-refractivity contribution in [1.29, 1.82) is 0 Å². The van der Waals surface area contributed by atoms with Crippen molar-refractivity contribution in [3.8, 4) is 0 Å². The summed E-state index contributed by atoms with van der Waals surface area (Å²) in [5, 5.41) is 23.2. The third-order valence-corrected chi connectivity index (χ3v) is 15.9. The van der Waals surface area contributed by atoms with Crippen LogP contribution in [0.5, 0.6) is 0 Å². The van der Waals surface area contributed by atoms with Crippen LogP contribution in [0, 0.1) is 0 Å². The summed E-state index contributed by atoms with van der Waals surface area (Å²) in [6.45, 7) is 4.35. The molecule has 0 aliphatic carbocycles. The van der Waals surface area contributed by atoms with Crippen LogP contribution in [0.25, 0.3) is 0 Å². The standard InChI is InChI=1S/C68H133NO3/c1-3-5-7-9-11-13-15-17-19-21-23-25-27-29-30-31-32-33-34-35-36-37-38-40-42-44-46-48-50-52-54-56-58-60-62-64-68(72)69-66(65-70)67(71)63-61-59-57-55-53-51-49-47-45-43-41-39-28-26-24-22-20-18-16-14-12-10-8-6-4-2/h53,55,61,63,66-67,70-71H,3-52,54,56-60,62,64-65H2,1-2H3,(H,69,72)/b55-53+,63-61+. The fourth-order valence-electron chi connectivity index (χ4n) is 10.8. The molecule has 0 spiro atoms. The summed E-state index contributed by atoms with van der Waals surface area (Å²) in [4.78, 5) is 12.5. The van der Waals surface area contributed by atoms with Gasteiger partial charge in [-0.1, -0.05) is 372 Å². The fourth-order valence-corrected chi connectivity index (χ4v) is 10.8. The highest BCUT2D eigenvalue weighted by atomic mass is 16.3. The van der Waals surface area contributed by atoms with Crippen LogP contribution in [0.15, 0.2) is 24.3 Å². The lowest BCUT2D eigenvalue weighted by atomic mass is 10.0. The van der Waals surface area contributed by atoms with Gasteiger partial charge < -0.3 is 15.5 Å². The number of nitrogens with one attached hydrogen (secondary N) is 1.